The highest BCUT2D eigenvalue weighted by atomic mass is 16.3. The molecule has 258 valence electrons. The first-order chi connectivity index (χ1) is 26.1. The summed E-state index contributed by atoms with van der Waals surface area (Å²) in [6.45, 7) is 9.05. The molecule has 0 saturated heterocycles. The van der Waals surface area contributed by atoms with Gasteiger partial charge in [0, 0.05) is 10.8 Å². The van der Waals surface area contributed by atoms with Crippen LogP contribution in [0, 0.1) is 0 Å². The third-order valence-corrected chi connectivity index (χ3v) is 12.3. The van der Waals surface area contributed by atoms with Crippen LogP contribution in [0.3, 0.4) is 0 Å². The van der Waals surface area contributed by atoms with E-state index < -0.39 is 0 Å². The van der Waals surface area contributed by atoms with Crippen LogP contribution in [0.5, 0.6) is 0 Å². The summed E-state index contributed by atoms with van der Waals surface area (Å²) in [6.07, 6.45) is 0. The second-order valence-electron chi connectivity index (χ2n) is 16.0. The van der Waals surface area contributed by atoms with Gasteiger partial charge in [-0.2, -0.15) is 0 Å². The molecule has 0 bridgehead atoms. The van der Waals surface area contributed by atoms with Crippen LogP contribution >= 0.6 is 0 Å². The fraction of sp³-hybridized carbons (Fsp3) is 0.120. The summed E-state index contributed by atoms with van der Waals surface area (Å²) in [5.41, 5.74) is 15.0. The maximum absolute atomic E-state index is 14.4. The van der Waals surface area contributed by atoms with Crippen LogP contribution < -0.4 is 10.9 Å². The van der Waals surface area contributed by atoms with E-state index >= 15 is 0 Å². The average Bonchev–Trinajstić information content (AvgIpc) is 3.56. The smallest absolute Gasteiger partial charge is 0.204 e. The molecule has 2 aliphatic rings. The molecular formula is C50H34O4. The highest BCUT2D eigenvalue weighted by Gasteiger charge is 2.36. The summed E-state index contributed by atoms with van der Waals surface area (Å²) in [7, 11) is 0. The molecule has 0 amide bonds. The van der Waals surface area contributed by atoms with Crippen molar-refractivity contribution in [1.82, 2.24) is 0 Å². The van der Waals surface area contributed by atoms with Crippen molar-refractivity contribution in [2.75, 3.05) is 0 Å². The topological polar surface area (TPSA) is 60.4 Å². The molecule has 9 aromatic rings. The predicted molar refractivity (Wildman–Crippen MR) is 220 cm³/mol. The van der Waals surface area contributed by atoms with E-state index in [0.717, 1.165) is 22.3 Å². The quantitative estimate of drug-likeness (QED) is 0.133. The van der Waals surface area contributed by atoms with Crippen molar-refractivity contribution in [3.8, 4) is 44.5 Å². The number of hydrogen-bond donors (Lipinski definition) is 0. The van der Waals surface area contributed by atoms with Gasteiger partial charge in [0.2, 0.25) is 10.9 Å². The molecule has 7 aromatic carbocycles. The Hall–Kier alpha value is -6.52. The second kappa shape index (κ2) is 10.5. The van der Waals surface area contributed by atoms with Gasteiger partial charge in [0.25, 0.3) is 0 Å². The lowest BCUT2D eigenvalue weighted by Gasteiger charge is -2.22. The van der Waals surface area contributed by atoms with Gasteiger partial charge in [0.15, 0.2) is 5.58 Å². The summed E-state index contributed by atoms with van der Waals surface area (Å²) in [5, 5.41) is 1.53. The minimum Gasteiger partial charge on any atom is -0.456 e. The van der Waals surface area contributed by atoms with Gasteiger partial charge in [0.1, 0.15) is 22.1 Å². The van der Waals surface area contributed by atoms with Crippen LogP contribution in [0.4, 0.5) is 0 Å². The number of rotatable bonds is 2. The molecule has 2 heterocycles. The SMILES string of the molecule is CC1(C)c2ccccc2-c2ccc(-c3ccc4oc5c(ccc6oc7ccc(-c8ccc9c(c8)C(C)(C)c8ccccc8-9)cc7c(=O)c65)c(=O)c4c3)cc21. The Balaban J connectivity index is 1.03. The Bertz CT molecular complexity index is 3260. The third kappa shape index (κ3) is 4.08. The summed E-state index contributed by atoms with van der Waals surface area (Å²) >= 11 is 0. The van der Waals surface area contributed by atoms with Crippen molar-refractivity contribution in [1.29, 1.82) is 0 Å². The molecule has 4 nitrogen and oxygen atoms in total. The molecule has 2 aliphatic carbocycles. The molecule has 2 aromatic heterocycles. The van der Waals surface area contributed by atoms with Gasteiger partial charge in [-0.1, -0.05) is 113 Å². The molecule has 0 radical (unpaired) electrons. The summed E-state index contributed by atoms with van der Waals surface area (Å²) in [6, 6.07) is 45.2. The number of hydrogen-bond acceptors (Lipinski definition) is 4. The first-order valence-electron chi connectivity index (χ1n) is 18.5. The highest BCUT2D eigenvalue weighted by Crippen LogP contribution is 2.51. The zero-order chi connectivity index (χ0) is 36.7. The van der Waals surface area contributed by atoms with Crippen LogP contribution in [0.1, 0.15) is 49.9 Å². The Morgan fingerprint density at radius 1 is 0.389 bits per heavy atom. The summed E-state index contributed by atoms with van der Waals surface area (Å²) < 4.78 is 12.8. The van der Waals surface area contributed by atoms with E-state index in [4.69, 9.17) is 8.83 Å². The van der Waals surface area contributed by atoms with Gasteiger partial charge in [-0.3, -0.25) is 9.59 Å². The summed E-state index contributed by atoms with van der Waals surface area (Å²) in [4.78, 5) is 28.6. The van der Waals surface area contributed by atoms with Gasteiger partial charge < -0.3 is 8.83 Å². The average molecular weight is 699 g/mol. The van der Waals surface area contributed by atoms with Crippen LogP contribution in [0.2, 0.25) is 0 Å². The van der Waals surface area contributed by atoms with Crippen molar-refractivity contribution in [2.45, 2.75) is 38.5 Å². The zero-order valence-electron chi connectivity index (χ0n) is 30.3. The largest absolute Gasteiger partial charge is 0.456 e. The third-order valence-electron chi connectivity index (χ3n) is 12.3. The first kappa shape index (κ1) is 31.0. The van der Waals surface area contributed by atoms with E-state index in [1.54, 1.807) is 12.1 Å². The van der Waals surface area contributed by atoms with E-state index in [0.29, 0.717) is 32.9 Å². The van der Waals surface area contributed by atoms with Gasteiger partial charge in [0.05, 0.1) is 16.2 Å². The van der Waals surface area contributed by atoms with Crippen molar-refractivity contribution in [3.05, 3.63) is 176 Å². The van der Waals surface area contributed by atoms with Crippen molar-refractivity contribution in [2.24, 2.45) is 0 Å². The predicted octanol–water partition coefficient (Wildman–Crippen LogP) is 12.2. The lowest BCUT2D eigenvalue weighted by Crippen LogP contribution is -2.14. The molecule has 0 fully saturated rings. The maximum Gasteiger partial charge on any atom is 0.204 e. The van der Waals surface area contributed by atoms with Crippen molar-refractivity contribution < 1.29 is 8.83 Å². The second-order valence-corrected chi connectivity index (χ2v) is 16.0. The van der Waals surface area contributed by atoms with Crippen LogP contribution in [0.25, 0.3) is 88.4 Å². The molecule has 0 unspecified atom stereocenters. The maximum atomic E-state index is 14.4. The molecule has 11 rings (SSSR count). The van der Waals surface area contributed by atoms with Gasteiger partial charge in [-0.05, 0) is 115 Å². The lowest BCUT2D eigenvalue weighted by atomic mass is 9.81. The van der Waals surface area contributed by atoms with E-state index in [-0.39, 0.29) is 32.7 Å². The molecule has 54 heavy (non-hydrogen) atoms. The van der Waals surface area contributed by atoms with E-state index in [1.807, 2.05) is 36.4 Å². The van der Waals surface area contributed by atoms with Crippen LogP contribution in [-0.4, -0.2) is 0 Å². The van der Waals surface area contributed by atoms with Crippen molar-refractivity contribution in [3.63, 3.8) is 0 Å². The van der Waals surface area contributed by atoms with Crippen LogP contribution in [0.15, 0.2) is 152 Å². The monoisotopic (exact) mass is 698 g/mol. The summed E-state index contributed by atoms with van der Waals surface area (Å²) in [5.74, 6) is 0. The van der Waals surface area contributed by atoms with Crippen LogP contribution in [-0.2, 0) is 10.8 Å². The Labute approximate surface area is 310 Å². The Kier molecular flexibility index (Phi) is 6.06. The molecule has 4 heteroatoms. The Morgan fingerprint density at radius 3 is 1.41 bits per heavy atom. The number of benzene rings is 7. The zero-order valence-corrected chi connectivity index (χ0v) is 30.3. The highest BCUT2D eigenvalue weighted by molar-refractivity contribution is 6.08. The normalized spacial score (nSPS) is 14.7. The standard InChI is InChI=1S/C50H34O4/c1-49(2)38-11-7-5-9-31(38)33-17-13-29(25-40(33)49)27-16-21-43-36(23-27)46(51)35-19-22-44-45(48(35)54-43)47(52)37-24-28(15-20-42(37)53-44)30-14-18-34-32-10-6-8-12-39(32)50(3,4)41(34)26-30/h5-26H,1-4H3. The van der Waals surface area contributed by atoms with E-state index in [1.165, 1.54) is 44.5 Å². The fourth-order valence-electron chi connectivity index (χ4n) is 9.38. The minimum absolute atomic E-state index is 0.133. The fourth-order valence-corrected chi connectivity index (χ4v) is 9.38. The van der Waals surface area contributed by atoms with Gasteiger partial charge in [-0.25, -0.2) is 0 Å². The van der Waals surface area contributed by atoms with E-state index in [9.17, 15) is 9.59 Å². The molecular weight excluding hydrogens is 665 g/mol. The molecule has 0 N–H and O–H groups in total. The molecule has 0 atom stereocenters. The number of fused-ring (bicyclic) bond motifs is 11. The molecule has 0 spiro atoms. The molecule has 0 aliphatic heterocycles. The minimum atomic E-state index is -0.228. The lowest BCUT2D eigenvalue weighted by molar-refractivity contribution is 0.649. The van der Waals surface area contributed by atoms with Crippen molar-refractivity contribution >= 4 is 43.9 Å². The molecule has 0 saturated carbocycles. The van der Waals surface area contributed by atoms with E-state index in [2.05, 4.69) is 113 Å². The van der Waals surface area contributed by atoms with Gasteiger partial charge >= 0.3 is 0 Å². The first-order valence-corrected chi connectivity index (χ1v) is 18.5. The van der Waals surface area contributed by atoms with Gasteiger partial charge in [-0.15, -0.1) is 0 Å². The Morgan fingerprint density at radius 2 is 0.833 bits per heavy atom.